The molecule has 0 heterocycles. The standard InChI is InChI=1S/C6H10O4.H2/c1-3-9-5(7)6(8)10-4-2;/h3-4H2,1-2H3;1H. The van der Waals surface area contributed by atoms with Crippen LogP contribution in [0.2, 0.25) is 0 Å². The summed E-state index contributed by atoms with van der Waals surface area (Å²) in [5.41, 5.74) is 0. The van der Waals surface area contributed by atoms with Crippen LogP contribution in [-0.4, -0.2) is 25.2 Å². The van der Waals surface area contributed by atoms with Gasteiger partial charge in [0.1, 0.15) is 0 Å². The lowest BCUT2D eigenvalue weighted by atomic mass is 10.7. The zero-order valence-electron chi connectivity index (χ0n) is 6.05. The Morgan fingerprint density at radius 2 is 1.40 bits per heavy atom. The Bertz CT molecular complexity index is 119. The maximum Gasteiger partial charge on any atom is 0.417 e. The van der Waals surface area contributed by atoms with Crippen molar-refractivity contribution in [1.29, 1.82) is 0 Å². The smallest absolute Gasteiger partial charge is 0.417 e. The van der Waals surface area contributed by atoms with Gasteiger partial charge >= 0.3 is 11.9 Å². The fourth-order valence-electron chi connectivity index (χ4n) is 0.380. The lowest BCUT2D eigenvalue weighted by Gasteiger charge is -1.99. The molecule has 0 N–H and O–H groups in total. The van der Waals surface area contributed by atoms with Crippen LogP contribution in [0.25, 0.3) is 0 Å². The molecule has 0 aromatic heterocycles. The fourth-order valence-corrected chi connectivity index (χ4v) is 0.380. The van der Waals surface area contributed by atoms with Crippen LogP contribution in [0.1, 0.15) is 15.3 Å². The largest absolute Gasteiger partial charge is 0.458 e. The number of carbonyl (C=O) groups excluding carboxylic acids is 2. The molecule has 0 saturated heterocycles. The van der Waals surface area contributed by atoms with E-state index in [2.05, 4.69) is 9.47 Å². The third-order valence-electron chi connectivity index (χ3n) is 0.718. The molecule has 0 saturated carbocycles. The van der Waals surface area contributed by atoms with E-state index in [9.17, 15) is 9.59 Å². The molecule has 0 aliphatic carbocycles. The third-order valence-corrected chi connectivity index (χ3v) is 0.718. The van der Waals surface area contributed by atoms with Crippen molar-refractivity contribution < 1.29 is 20.5 Å². The highest BCUT2D eigenvalue weighted by atomic mass is 16.6. The molecule has 0 unspecified atom stereocenters. The Morgan fingerprint density at radius 1 is 1.10 bits per heavy atom. The van der Waals surface area contributed by atoms with Crippen molar-refractivity contribution in [2.75, 3.05) is 13.2 Å². The molecule has 0 radical (unpaired) electrons. The van der Waals surface area contributed by atoms with Crippen LogP contribution < -0.4 is 0 Å². The SMILES string of the molecule is CCOC(=O)C(=O)OCC.[HH]. The van der Waals surface area contributed by atoms with Crippen LogP contribution >= 0.6 is 0 Å². The molecule has 0 aliphatic rings. The highest BCUT2D eigenvalue weighted by molar-refractivity contribution is 6.29. The number of ether oxygens (including phenoxy) is 2. The third kappa shape index (κ3) is 3.06. The number of rotatable bonds is 2. The van der Waals surface area contributed by atoms with E-state index in [4.69, 9.17) is 0 Å². The van der Waals surface area contributed by atoms with Gasteiger partial charge in [-0.05, 0) is 13.8 Å². The van der Waals surface area contributed by atoms with Crippen molar-refractivity contribution in [3.05, 3.63) is 0 Å². The topological polar surface area (TPSA) is 52.6 Å². The number of carbonyl (C=O) groups is 2. The van der Waals surface area contributed by atoms with Crippen molar-refractivity contribution in [1.82, 2.24) is 0 Å². The van der Waals surface area contributed by atoms with E-state index in [1.54, 1.807) is 13.8 Å². The van der Waals surface area contributed by atoms with Crippen molar-refractivity contribution in [2.24, 2.45) is 0 Å². The fraction of sp³-hybridized carbons (Fsp3) is 0.667. The Morgan fingerprint density at radius 3 is 1.60 bits per heavy atom. The number of hydrogen-bond acceptors (Lipinski definition) is 4. The van der Waals surface area contributed by atoms with Gasteiger partial charge in [-0.2, -0.15) is 0 Å². The van der Waals surface area contributed by atoms with Gasteiger partial charge in [0.2, 0.25) is 0 Å². The minimum Gasteiger partial charge on any atom is -0.458 e. The van der Waals surface area contributed by atoms with E-state index >= 15 is 0 Å². The van der Waals surface area contributed by atoms with Crippen LogP contribution in [0.3, 0.4) is 0 Å². The van der Waals surface area contributed by atoms with Crippen molar-refractivity contribution in [3.63, 3.8) is 0 Å². The van der Waals surface area contributed by atoms with Crippen LogP contribution in [-0.2, 0) is 19.1 Å². The summed E-state index contributed by atoms with van der Waals surface area (Å²) in [6.07, 6.45) is 0. The molecule has 0 aromatic rings. The first kappa shape index (κ1) is 8.94. The quantitative estimate of drug-likeness (QED) is 0.419. The van der Waals surface area contributed by atoms with E-state index in [0.717, 1.165) is 0 Å². The summed E-state index contributed by atoms with van der Waals surface area (Å²) in [6, 6.07) is 0. The summed E-state index contributed by atoms with van der Waals surface area (Å²) in [5.74, 6) is -1.85. The first-order chi connectivity index (χ1) is 4.72. The normalized spacial score (nSPS) is 8.60. The zero-order valence-corrected chi connectivity index (χ0v) is 6.05. The Kier molecular flexibility index (Phi) is 4.28. The number of esters is 2. The summed E-state index contributed by atoms with van der Waals surface area (Å²) in [4.78, 5) is 20.9. The molecule has 0 rings (SSSR count). The molecule has 0 bridgehead atoms. The minimum atomic E-state index is -0.927. The molecule has 0 aliphatic heterocycles. The molecule has 0 atom stereocenters. The van der Waals surface area contributed by atoms with Crippen molar-refractivity contribution in [3.8, 4) is 0 Å². The maximum absolute atomic E-state index is 10.4. The van der Waals surface area contributed by atoms with Gasteiger partial charge in [0.15, 0.2) is 0 Å². The lowest BCUT2D eigenvalue weighted by molar-refractivity contribution is -0.167. The first-order valence-electron chi connectivity index (χ1n) is 3.06. The average molecular weight is 148 g/mol. The zero-order chi connectivity index (χ0) is 7.98. The predicted molar refractivity (Wildman–Crippen MR) is 35.4 cm³/mol. The molecular weight excluding hydrogens is 136 g/mol. The van der Waals surface area contributed by atoms with E-state index in [-0.39, 0.29) is 14.6 Å². The predicted octanol–water partition coefficient (Wildman–Crippen LogP) is 0.359. The van der Waals surface area contributed by atoms with Gasteiger partial charge < -0.3 is 9.47 Å². The summed E-state index contributed by atoms with van der Waals surface area (Å²) in [7, 11) is 0. The van der Waals surface area contributed by atoms with Gasteiger partial charge in [0, 0.05) is 1.43 Å². The minimum absolute atomic E-state index is 0. The van der Waals surface area contributed by atoms with Gasteiger partial charge in [0.05, 0.1) is 13.2 Å². The highest BCUT2D eigenvalue weighted by Crippen LogP contribution is 1.82. The van der Waals surface area contributed by atoms with Crippen molar-refractivity contribution >= 4 is 11.9 Å². The average Bonchev–Trinajstić information content (AvgIpc) is 1.89. The van der Waals surface area contributed by atoms with E-state index < -0.39 is 11.9 Å². The van der Waals surface area contributed by atoms with Crippen LogP contribution in [0.4, 0.5) is 0 Å². The molecular formula is C6H12O4. The maximum atomic E-state index is 10.4. The molecule has 60 valence electrons. The van der Waals surface area contributed by atoms with E-state index in [0.29, 0.717) is 0 Å². The Hall–Kier alpha value is -1.06. The van der Waals surface area contributed by atoms with E-state index in [1.165, 1.54) is 0 Å². The second-order valence-electron chi connectivity index (χ2n) is 1.44. The summed E-state index contributed by atoms with van der Waals surface area (Å²) >= 11 is 0. The van der Waals surface area contributed by atoms with Crippen LogP contribution in [0, 0.1) is 0 Å². The lowest BCUT2D eigenvalue weighted by Crippen LogP contribution is -2.19. The monoisotopic (exact) mass is 148 g/mol. The second-order valence-corrected chi connectivity index (χ2v) is 1.44. The summed E-state index contributed by atoms with van der Waals surface area (Å²) < 4.78 is 8.69. The van der Waals surface area contributed by atoms with Gasteiger partial charge in [-0.25, -0.2) is 9.59 Å². The first-order valence-corrected chi connectivity index (χ1v) is 3.06. The van der Waals surface area contributed by atoms with Gasteiger partial charge in [0.25, 0.3) is 0 Å². The molecule has 0 fully saturated rings. The second kappa shape index (κ2) is 4.78. The molecule has 4 heteroatoms. The molecule has 0 spiro atoms. The van der Waals surface area contributed by atoms with Gasteiger partial charge in [-0.15, -0.1) is 0 Å². The molecule has 10 heavy (non-hydrogen) atoms. The van der Waals surface area contributed by atoms with Crippen molar-refractivity contribution in [2.45, 2.75) is 13.8 Å². The van der Waals surface area contributed by atoms with Gasteiger partial charge in [-0.3, -0.25) is 0 Å². The molecule has 4 nitrogen and oxygen atoms in total. The van der Waals surface area contributed by atoms with E-state index in [1.807, 2.05) is 0 Å². The van der Waals surface area contributed by atoms with Crippen LogP contribution in [0.15, 0.2) is 0 Å². The number of hydrogen-bond donors (Lipinski definition) is 0. The Balaban J connectivity index is 0. The Labute approximate surface area is 60.6 Å². The summed E-state index contributed by atoms with van der Waals surface area (Å²) in [6.45, 7) is 3.63. The van der Waals surface area contributed by atoms with Crippen LogP contribution in [0.5, 0.6) is 0 Å². The summed E-state index contributed by atoms with van der Waals surface area (Å²) in [5, 5.41) is 0. The molecule has 0 aromatic carbocycles. The van der Waals surface area contributed by atoms with Gasteiger partial charge in [-0.1, -0.05) is 0 Å². The highest BCUT2D eigenvalue weighted by Gasteiger charge is 2.14. The molecule has 0 amide bonds.